The van der Waals surface area contributed by atoms with Gasteiger partial charge in [0.05, 0.1) is 28.7 Å². The van der Waals surface area contributed by atoms with Crippen LogP contribution < -0.4 is 5.76 Å². The van der Waals surface area contributed by atoms with E-state index in [1.807, 2.05) is 0 Å². The molecule has 2 aromatic rings. The lowest BCUT2D eigenvalue weighted by Crippen LogP contribution is -2.55. The Balaban J connectivity index is 2.00. The number of aliphatic hydroxyl groups excluding tert-OH is 1. The molecule has 0 amide bonds. The van der Waals surface area contributed by atoms with E-state index in [1.54, 1.807) is 13.8 Å². The largest absolute Gasteiger partial charge is 0.417 e. The van der Waals surface area contributed by atoms with Crippen LogP contribution in [0.2, 0.25) is 0 Å². The van der Waals surface area contributed by atoms with Gasteiger partial charge in [0.15, 0.2) is 5.58 Å². The highest BCUT2D eigenvalue weighted by Gasteiger charge is 2.39. The predicted molar refractivity (Wildman–Crippen MR) is 81.6 cm³/mol. The summed E-state index contributed by atoms with van der Waals surface area (Å²) < 4.78 is 37.5. The Hall–Kier alpha value is -1.68. The van der Waals surface area contributed by atoms with Gasteiger partial charge in [0.25, 0.3) is 0 Å². The number of aromatic amines is 1. The number of hydrogen-bond acceptors (Lipinski definition) is 6. The summed E-state index contributed by atoms with van der Waals surface area (Å²) in [5.74, 6) is -0.637. The second kappa shape index (κ2) is 5.45. The van der Waals surface area contributed by atoms with Gasteiger partial charge in [0, 0.05) is 19.2 Å². The molecule has 2 heterocycles. The number of nitrogens with one attached hydrogen (secondary N) is 1. The molecule has 1 atom stereocenters. The number of oxazole rings is 1. The van der Waals surface area contributed by atoms with Gasteiger partial charge in [-0.2, -0.15) is 4.31 Å². The fraction of sp³-hybridized carbons (Fsp3) is 0.500. The van der Waals surface area contributed by atoms with Gasteiger partial charge in [-0.25, -0.2) is 13.2 Å². The van der Waals surface area contributed by atoms with E-state index in [1.165, 1.54) is 22.5 Å². The first kappa shape index (κ1) is 16.2. The SMILES string of the molecule is CC1(C)CN(S(=O)(=O)c2ccc3[nH]c(=O)oc3c2)CC(CO)O1. The van der Waals surface area contributed by atoms with E-state index in [2.05, 4.69) is 4.98 Å². The van der Waals surface area contributed by atoms with Gasteiger partial charge in [-0.3, -0.25) is 4.98 Å². The first-order valence-corrected chi connectivity index (χ1v) is 8.57. The molecule has 23 heavy (non-hydrogen) atoms. The van der Waals surface area contributed by atoms with Crippen LogP contribution in [0.5, 0.6) is 0 Å². The Kier molecular flexibility index (Phi) is 3.83. The first-order chi connectivity index (χ1) is 10.7. The molecule has 9 heteroatoms. The summed E-state index contributed by atoms with van der Waals surface area (Å²) in [6, 6.07) is 4.22. The highest BCUT2D eigenvalue weighted by atomic mass is 32.2. The van der Waals surface area contributed by atoms with E-state index in [-0.39, 0.29) is 30.2 Å². The van der Waals surface area contributed by atoms with E-state index in [9.17, 15) is 18.3 Å². The van der Waals surface area contributed by atoms with Crippen molar-refractivity contribution in [1.29, 1.82) is 0 Å². The molecule has 0 bridgehead atoms. The van der Waals surface area contributed by atoms with Gasteiger partial charge < -0.3 is 14.3 Å². The molecule has 1 fully saturated rings. The summed E-state index contributed by atoms with van der Waals surface area (Å²) in [6.45, 7) is 3.51. The van der Waals surface area contributed by atoms with Crippen LogP contribution in [-0.4, -0.2) is 54.2 Å². The van der Waals surface area contributed by atoms with Gasteiger partial charge >= 0.3 is 5.76 Å². The van der Waals surface area contributed by atoms with E-state index in [0.717, 1.165) is 0 Å². The van der Waals surface area contributed by atoms with Crippen molar-refractivity contribution in [1.82, 2.24) is 9.29 Å². The van der Waals surface area contributed by atoms with Crippen molar-refractivity contribution in [2.24, 2.45) is 0 Å². The lowest BCUT2D eigenvalue weighted by Gasteiger charge is -2.41. The number of morpholine rings is 1. The van der Waals surface area contributed by atoms with Crippen LogP contribution in [0.4, 0.5) is 0 Å². The van der Waals surface area contributed by atoms with Gasteiger partial charge in [-0.05, 0) is 26.0 Å². The average molecular weight is 342 g/mol. The van der Waals surface area contributed by atoms with Crippen LogP contribution >= 0.6 is 0 Å². The molecular formula is C14H18N2O6S. The van der Waals surface area contributed by atoms with Crippen molar-refractivity contribution in [3.8, 4) is 0 Å². The molecule has 1 aliphatic heterocycles. The molecule has 1 aromatic carbocycles. The molecule has 1 aliphatic rings. The molecule has 1 saturated heterocycles. The summed E-state index contributed by atoms with van der Waals surface area (Å²) in [5, 5.41) is 9.32. The smallest absolute Gasteiger partial charge is 0.408 e. The average Bonchev–Trinajstić information content (AvgIpc) is 2.84. The van der Waals surface area contributed by atoms with Crippen molar-refractivity contribution in [3.05, 3.63) is 28.7 Å². The third-order valence-corrected chi connectivity index (χ3v) is 5.49. The minimum atomic E-state index is -3.79. The second-order valence-corrected chi connectivity index (χ2v) is 8.09. The molecular weight excluding hydrogens is 324 g/mol. The van der Waals surface area contributed by atoms with Crippen LogP contribution in [0.15, 0.2) is 32.3 Å². The van der Waals surface area contributed by atoms with Crippen molar-refractivity contribution >= 4 is 21.1 Å². The fourth-order valence-electron chi connectivity index (χ4n) is 2.76. The lowest BCUT2D eigenvalue weighted by atomic mass is 10.1. The molecule has 0 spiro atoms. The molecule has 8 nitrogen and oxygen atoms in total. The molecule has 0 saturated carbocycles. The quantitative estimate of drug-likeness (QED) is 0.828. The Morgan fingerprint density at radius 2 is 2.17 bits per heavy atom. The number of aromatic nitrogens is 1. The van der Waals surface area contributed by atoms with Gasteiger partial charge in [-0.1, -0.05) is 0 Å². The zero-order valence-electron chi connectivity index (χ0n) is 12.8. The topological polar surface area (TPSA) is 113 Å². The van der Waals surface area contributed by atoms with Crippen molar-refractivity contribution < 1.29 is 22.7 Å². The van der Waals surface area contributed by atoms with Crippen LogP contribution in [0, 0.1) is 0 Å². The number of hydrogen-bond donors (Lipinski definition) is 2. The number of nitrogens with zero attached hydrogens (tertiary/aromatic N) is 1. The zero-order valence-corrected chi connectivity index (χ0v) is 13.6. The number of fused-ring (bicyclic) bond motifs is 1. The molecule has 0 radical (unpaired) electrons. The Bertz CT molecular complexity index is 882. The van der Waals surface area contributed by atoms with Crippen LogP contribution in [0.25, 0.3) is 11.1 Å². The highest BCUT2D eigenvalue weighted by molar-refractivity contribution is 7.89. The number of ether oxygens (including phenoxy) is 1. The van der Waals surface area contributed by atoms with E-state index >= 15 is 0 Å². The fourth-order valence-corrected chi connectivity index (χ4v) is 4.39. The Morgan fingerprint density at radius 3 is 2.87 bits per heavy atom. The van der Waals surface area contributed by atoms with Crippen LogP contribution in [0.3, 0.4) is 0 Å². The Morgan fingerprint density at radius 1 is 1.43 bits per heavy atom. The molecule has 1 aromatic heterocycles. The Labute approximate surface area is 132 Å². The summed E-state index contributed by atoms with van der Waals surface area (Å²) >= 11 is 0. The summed E-state index contributed by atoms with van der Waals surface area (Å²) in [5.41, 5.74) is -0.0875. The maximum atomic E-state index is 12.8. The maximum Gasteiger partial charge on any atom is 0.417 e. The van der Waals surface area contributed by atoms with E-state index in [0.29, 0.717) is 5.52 Å². The van der Waals surface area contributed by atoms with E-state index < -0.39 is 27.5 Å². The van der Waals surface area contributed by atoms with Crippen molar-refractivity contribution in [3.63, 3.8) is 0 Å². The third kappa shape index (κ3) is 3.05. The standard InChI is InChI=1S/C14H18N2O6S/c1-14(2)8-16(6-9(7-17)22-14)23(19,20)10-3-4-11-12(5-10)21-13(18)15-11/h3-5,9,17H,6-8H2,1-2H3,(H,15,18). The maximum absolute atomic E-state index is 12.8. The third-order valence-electron chi connectivity index (χ3n) is 3.68. The minimum absolute atomic E-state index is 0.0298. The monoisotopic (exact) mass is 342 g/mol. The van der Waals surface area contributed by atoms with E-state index in [4.69, 9.17) is 9.15 Å². The zero-order chi connectivity index (χ0) is 16.8. The lowest BCUT2D eigenvalue weighted by molar-refractivity contribution is -0.131. The molecule has 3 rings (SSSR count). The normalized spacial score (nSPS) is 22.5. The summed E-state index contributed by atoms with van der Waals surface area (Å²) in [6.07, 6.45) is -0.581. The molecule has 0 aliphatic carbocycles. The van der Waals surface area contributed by atoms with Gasteiger partial charge in [0.1, 0.15) is 0 Å². The molecule has 1 unspecified atom stereocenters. The van der Waals surface area contributed by atoms with Gasteiger partial charge in [0.2, 0.25) is 10.0 Å². The van der Waals surface area contributed by atoms with Crippen molar-refractivity contribution in [2.45, 2.75) is 30.4 Å². The van der Waals surface area contributed by atoms with Crippen LogP contribution in [-0.2, 0) is 14.8 Å². The van der Waals surface area contributed by atoms with Gasteiger partial charge in [-0.15, -0.1) is 0 Å². The highest BCUT2D eigenvalue weighted by Crippen LogP contribution is 2.27. The minimum Gasteiger partial charge on any atom is -0.408 e. The predicted octanol–water partition coefficient (Wildman–Crippen LogP) is 0.282. The van der Waals surface area contributed by atoms with Crippen LogP contribution in [0.1, 0.15) is 13.8 Å². The number of benzene rings is 1. The van der Waals surface area contributed by atoms with Crippen molar-refractivity contribution in [2.75, 3.05) is 19.7 Å². The second-order valence-electron chi connectivity index (χ2n) is 6.15. The summed E-state index contributed by atoms with van der Waals surface area (Å²) in [7, 11) is -3.79. The number of rotatable bonds is 3. The number of H-pyrrole nitrogens is 1. The molecule has 126 valence electrons. The molecule has 2 N–H and O–H groups in total. The number of aliphatic hydroxyl groups is 1. The number of sulfonamides is 1. The summed E-state index contributed by atoms with van der Waals surface area (Å²) in [4.78, 5) is 13.7. The first-order valence-electron chi connectivity index (χ1n) is 7.13.